The number of halogens is 3. The van der Waals surface area contributed by atoms with Crippen molar-refractivity contribution in [2.24, 2.45) is 0 Å². The molecule has 0 aliphatic carbocycles. The molecule has 0 saturated heterocycles. The highest BCUT2D eigenvalue weighted by Gasteiger charge is 2.35. The van der Waals surface area contributed by atoms with Gasteiger partial charge in [0, 0.05) is 17.4 Å². The van der Waals surface area contributed by atoms with Gasteiger partial charge in [0.05, 0.1) is 4.88 Å². The van der Waals surface area contributed by atoms with Crippen LogP contribution in [0.1, 0.15) is 25.8 Å². The van der Waals surface area contributed by atoms with E-state index < -0.39 is 17.0 Å². The Morgan fingerprint density at radius 3 is 2.63 bits per heavy atom. The number of nitrogens with zero attached hydrogens (tertiary/aromatic N) is 1. The third-order valence-corrected chi connectivity index (χ3v) is 3.63. The van der Waals surface area contributed by atoms with Gasteiger partial charge in [-0.15, -0.1) is 11.3 Å². The van der Waals surface area contributed by atoms with Crippen LogP contribution in [0.5, 0.6) is 0 Å². The molecular weight excluding hydrogens is 277 g/mol. The number of carbonyl (C=O) groups excluding carboxylic acids is 1. The van der Waals surface area contributed by atoms with E-state index in [1.54, 1.807) is 19.1 Å². The first-order valence-electron chi connectivity index (χ1n) is 5.23. The number of anilines is 1. The Labute approximate surface area is 110 Å². The molecule has 0 unspecified atom stereocenters. The van der Waals surface area contributed by atoms with E-state index in [-0.39, 0.29) is 10.4 Å². The lowest BCUT2D eigenvalue weighted by molar-refractivity contribution is -0.137. The number of benzene rings is 1. The average Bonchev–Trinajstić information content (AvgIpc) is 2.81. The summed E-state index contributed by atoms with van der Waals surface area (Å²) in [6.45, 7) is 1.65. The van der Waals surface area contributed by atoms with E-state index in [9.17, 15) is 18.0 Å². The summed E-state index contributed by atoms with van der Waals surface area (Å²) in [4.78, 5) is 15.3. The predicted molar refractivity (Wildman–Crippen MR) is 66.1 cm³/mol. The molecule has 7 heteroatoms. The van der Waals surface area contributed by atoms with Crippen LogP contribution in [0.15, 0.2) is 24.4 Å². The van der Waals surface area contributed by atoms with Crippen molar-refractivity contribution >= 4 is 22.8 Å². The molecule has 2 aromatic rings. The van der Waals surface area contributed by atoms with Crippen LogP contribution >= 0.6 is 11.3 Å². The number of thiazole rings is 1. The molecule has 0 bridgehead atoms. The smallest absolute Gasteiger partial charge is 0.398 e. The molecule has 2 N–H and O–H groups in total. The molecule has 0 aliphatic rings. The van der Waals surface area contributed by atoms with Crippen LogP contribution in [0, 0.1) is 6.92 Å². The van der Waals surface area contributed by atoms with Crippen LogP contribution in [0.2, 0.25) is 0 Å². The SMILES string of the molecule is Cc1c(N)cccc1C(=O)c1cnc(C(F)(F)F)s1. The number of hydrogen-bond donors (Lipinski definition) is 1. The molecule has 0 saturated carbocycles. The zero-order chi connectivity index (χ0) is 14.2. The van der Waals surface area contributed by atoms with Crippen LogP contribution < -0.4 is 5.73 Å². The monoisotopic (exact) mass is 286 g/mol. The first-order chi connectivity index (χ1) is 8.80. The number of alkyl halides is 3. The second-order valence-corrected chi connectivity index (χ2v) is 4.91. The molecule has 100 valence electrons. The summed E-state index contributed by atoms with van der Waals surface area (Å²) in [5, 5.41) is -1.03. The maximum atomic E-state index is 12.4. The van der Waals surface area contributed by atoms with Gasteiger partial charge in [0.25, 0.3) is 0 Å². The van der Waals surface area contributed by atoms with E-state index in [2.05, 4.69) is 4.98 Å². The molecule has 1 aromatic carbocycles. The van der Waals surface area contributed by atoms with Gasteiger partial charge < -0.3 is 5.73 Å². The number of carbonyl (C=O) groups is 1. The fourth-order valence-electron chi connectivity index (χ4n) is 1.54. The van der Waals surface area contributed by atoms with Crippen molar-refractivity contribution in [2.75, 3.05) is 5.73 Å². The maximum absolute atomic E-state index is 12.4. The van der Waals surface area contributed by atoms with Crippen molar-refractivity contribution in [1.29, 1.82) is 0 Å². The van der Waals surface area contributed by atoms with Gasteiger partial charge in [-0.3, -0.25) is 4.79 Å². The van der Waals surface area contributed by atoms with E-state index in [0.717, 1.165) is 6.20 Å². The Bertz CT molecular complexity index is 634. The van der Waals surface area contributed by atoms with E-state index in [0.29, 0.717) is 22.6 Å². The highest BCUT2D eigenvalue weighted by molar-refractivity contribution is 7.14. The molecule has 1 heterocycles. The van der Waals surface area contributed by atoms with Crippen LogP contribution in [0.4, 0.5) is 18.9 Å². The first kappa shape index (κ1) is 13.5. The normalized spacial score (nSPS) is 11.6. The summed E-state index contributed by atoms with van der Waals surface area (Å²) in [5.41, 5.74) is 6.93. The second-order valence-electron chi connectivity index (χ2n) is 3.88. The Morgan fingerprint density at radius 1 is 1.37 bits per heavy atom. The molecule has 0 aliphatic heterocycles. The van der Waals surface area contributed by atoms with Gasteiger partial charge in [-0.1, -0.05) is 12.1 Å². The first-order valence-corrected chi connectivity index (χ1v) is 6.05. The van der Waals surface area contributed by atoms with E-state index in [4.69, 9.17) is 5.73 Å². The van der Waals surface area contributed by atoms with Crippen molar-refractivity contribution in [1.82, 2.24) is 4.98 Å². The van der Waals surface area contributed by atoms with Gasteiger partial charge in [0.1, 0.15) is 0 Å². The molecule has 0 radical (unpaired) electrons. The van der Waals surface area contributed by atoms with Crippen LogP contribution in [-0.4, -0.2) is 10.8 Å². The highest BCUT2D eigenvalue weighted by atomic mass is 32.1. The maximum Gasteiger partial charge on any atom is 0.443 e. The van der Waals surface area contributed by atoms with Crippen LogP contribution in [0.25, 0.3) is 0 Å². The van der Waals surface area contributed by atoms with E-state index >= 15 is 0 Å². The summed E-state index contributed by atoms with van der Waals surface area (Å²) in [6, 6.07) is 4.74. The summed E-state index contributed by atoms with van der Waals surface area (Å²) >= 11 is 0.331. The zero-order valence-electron chi connectivity index (χ0n) is 9.78. The van der Waals surface area contributed by atoms with Gasteiger partial charge in [-0.25, -0.2) is 4.98 Å². The number of hydrogen-bond acceptors (Lipinski definition) is 4. The van der Waals surface area contributed by atoms with Crippen molar-refractivity contribution in [3.05, 3.63) is 45.4 Å². The lowest BCUT2D eigenvalue weighted by Gasteiger charge is -2.05. The number of rotatable bonds is 2. The van der Waals surface area contributed by atoms with Crippen molar-refractivity contribution < 1.29 is 18.0 Å². The number of nitrogens with two attached hydrogens (primary N) is 1. The molecule has 0 spiro atoms. The molecule has 0 fully saturated rings. The fraction of sp³-hybridized carbons (Fsp3) is 0.167. The van der Waals surface area contributed by atoms with Gasteiger partial charge in [0.2, 0.25) is 5.78 Å². The number of ketones is 1. The van der Waals surface area contributed by atoms with E-state index in [1.165, 1.54) is 6.07 Å². The minimum atomic E-state index is -4.53. The molecule has 19 heavy (non-hydrogen) atoms. The predicted octanol–water partition coefficient (Wildman–Crippen LogP) is 3.28. The highest BCUT2D eigenvalue weighted by Crippen LogP contribution is 2.33. The lowest BCUT2D eigenvalue weighted by atomic mass is 10.0. The Hall–Kier alpha value is -1.89. The molecular formula is C12H9F3N2OS. The fourth-order valence-corrected chi connectivity index (χ4v) is 2.28. The average molecular weight is 286 g/mol. The largest absolute Gasteiger partial charge is 0.443 e. The molecule has 2 rings (SSSR count). The molecule has 1 aromatic heterocycles. The summed E-state index contributed by atoms with van der Waals surface area (Å²) in [6.07, 6.45) is -3.59. The van der Waals surface area contributed by atoms with Gasteiger partial charge in [-0.2, -0.15) is 13.2 Å². The Morgan fingerprint density at radius 2 is 2.05 bits per heavy atom. The summed E-state index contributed by atoms with van der Waals surface area (Å²) in [5.74, 6) is -0.502. The van der Waals surface area contributed by atoms with Gasteiger partial charge in [0.15, 0.2) is 5.01 Å². The third kappa shape index (κ3) is 2.60. The second kappa shape index (κ2) is 4.65. The summed E-state index contributed by atoms with van der Waals surface area (Å²) < 4.78 is 37.3. The minimum absolute atomic E-state index is 0.0546. The molecule has 0 amide bonds. The Kier molecular flexibility index (Phi) is 3.32. The number of aromatic nitrogens is 1. The third-order valence-electron chi connectivity index (χ3n) is 2.59. The van der Waals surface area contributed by atoms with E-state index in [1.807, 2.05) is 0 Å². The molecule has 0 atom stereocenters. The topological polar surface area (TPSA) is 56.0 Å². The van der Waals surface area contributed by atoms with Gasteiger partial charge >= 0.3 is 6.18 Å². The summed E-state index contributed by atoms with van der Waals surface area (Å²) in [7, 11) is 0. The van der Waals surface area contributed by atoms with Crippen LogP contribution in [0.3, 0.4) is 0 Å². The van der Waals surface area contributed by atoms with Crippen molar-refractivity contribution in [3.8, 4) is 0 Å². The zero-order valence-corrected chi connectivity index (χ0v) is 10.6. The minimum Gasteiger partial charge on any atom is -0.398 e. The lowest BCUT2D eigenvalue weighted by Crippen LogP contribution is -2.04. The van der Waals surface area contributed by atoms with Crippen molar-refractivity contribution in [2.45, 2.75) is 13.1 Å². The van der Waals surface area contributed by atoms with Gasteiger partial charge in [-0.05, 0) is 18.6 Å². The Balaban J connectivity index is 2.40. The van der Waals surface area contributed by atoms with Crippen LogP contribution in [-0.2, 0) is 6.18 Å². The quantitative estimate of drug-likeness (QED) is 0.681. The number of nitrogen functional groups attached to an aromatic ring is 1. The van der Waals surface area contributed by atoms with Crippen molar-refractivity contribution in [3.63, 3.8) is 0 Å². The molecule has 3 nitrogen and oxygen atoms in total. The standard InChI is InChI=1S/C12H9F3N2OS/c1-6-7(3-2-4-8(6)16)10(18)9-5-17-11(19-9)12(13,14)15/h2-5H,16H2,1H3.